The highest BCUT2D eigenvalue weighted by molar-refractivity contribution is 6.99. The van der Waals surface area contributed by atoms with E-state index in [4.69, 9.17) is 13.9 Å². The summed E-state index contributed by atoms with van der Waals surface area (Å²) in [6.07, 6.45) is 7.02. The first kappa shape index (κ1) is 23.0. The number of fused-ring (bicyclic) bond motifs is 1. The predicted octanol–water partition coefficient (Wildman–Crippen LogP) is 3.96. The number of ether oxygens (including phenoxy) is 2. The number of aliphatic hydroxyl groups excluding tert-OH is 1. The summed E-state index contributed by atoms with van der Waals surface area (Å²) in [6.45, 7) is 7.60. The second kappa shape index (κ2) is 8.79. The Hall–Kier alpha value is -1.76. The monoisotopic (exact) mass is 464 g/mol. The topological polar surface area (TPSA) is 47.9 Å². The Morgan fingerprint density at radius 2 is 1.64 bits per heavy atom. The van der Waals surface area contributed by atoms with E-state index in [1.54, 1.807) is 0 Å². The lowest BCUT2D eigenvalue weighted by molar-refractivity contribution is -0.143. The molecule has 2 aromatic carbocycles. The van der Waals surface area contributed by atoms with Crippen molar-refractivity contribution >= 4 is 18.7 Å². The normalized spacial score (nSPS) is 31.4. The molecule has 1 aliphatic carbocycles. The molecule has 2 aromatic rings. The molecule has 0 amide bonds. The van der Waals surface area contributed by atoms with E-state index in [0.29, 0.717) is 6.61 Å². The van der Waals surface area contributed by atoms with E-state index in [2.05, 4.69) is 87.5 Å². The van der Waals surface area contributed by atoms with E-state index < -0.39 is 14.4 Å². The van der Waals surface area contributed by atoms with E-state index >= 15 is 0 Å². The highest BCUT2D eigenvalue weighted by atomic mass is 28.4. The molecule has 33 heavy (non-hydrogen) atoms. The molecule has 176 valence electrons. The van der Waals surface area contributed by atoms with Crippen molar-refractivity contribution in [3.8, 4) is 0 Å². The molecule has 2 saturated heterocycles. The van der Waals surface area contributed by atoms with E-state index in [9.17, 15) is 5.11 Å². The van der Waals surface area contributed by atoms with E-state index in [-0.39, 0.29) is 29.0 Å². The Bertz CT molecular complexity index is 931. The average Bonchev–Trinajstić information content (AvgIpc) is 3.13. The van der Waals surface area contributed by atoms with Crippen molar-refractivity contribution in [3.05, 3.63) is 72.8 Å². The minimum absolute atomic E-state index is 0.0261. The van der Waals surface area contributed by atoms with Gasteiger partial charge >= 0.3 is 0 Å². The zero-order valence-electron chi connectivity index (χ0n) is 19.9. The van der Waals surface area contributed by atoms with Crippen LogP contribution in [0, 0.1) is 0 Å². The number of benzene rings is 2. The molecule has 4 nitrogen and oxygen atoms in total. The van der Waals surface area contributed by atoms with Gasteiger partial charge in [-0.1, -0.05) is 93.6 Å². The van der Waals surface area contributed by atoms with Crippen LogP contribution in [0.3, 0.4) is 0 Å². The SMILES string of the molecule is CC(C)(C)[Si](OCC[C@H]1CC[C@@H]2O[C@@H]3C[C@]2(C=C[C@H]3O)O1)(c1ccccc1)c1ccccc1. The second-order valence-corrected chi connectivity index (χ2v) is 15.1. The van der Waals surface area contributed by atoms with Crippen molar-refractivity contribution in [2.24, 2.45) is 0 Å². The second-order valence-electron chi connectivity index (χ2n) is 10.8. The van der Waals surface area contributed by atoms with E-state index in [1.807, 2.05) is 6.08 Å². The maximum Gasteiger partial charge on any atom is 0.261 e. The van der Waals surface area contributed by atoms with Crippen LogP contribution in [0.15, 0.2) is 72.8 Å². The smallest absolute Gasteiger partial charge is 0.261 e. The maximum atomic E-state index is 10.1. The molecule has 0 saturated carbocycles. The van der Waals surface area contributed by atoms with Gasteiger partial charge in [-0.25, -0.2) is 0 Å². The van der Waals surface area contributed by atoms with Gasteiger partial charge < -0.3 is 19.0 Å². The summed E-state index contributed by atoms with van der Waals surface area (Å²) in [5, 5.41) is 12.7. The van der Waals surface area contributed by atoms with Gasteiger partial charge in [0.15, 0.2) is 0 Å². The van der Waals surface area contributed by atoms with Crippen LogP contribution in [-0.2, 0) is 13.9 Å². The van der Waals surface area contributed by atoms with Crippen molar-refractivity contribution < 1.29 is 19.0 Å². The zero-order chi connectivity index (χ0) is 23.1. The molecular formula is C28H36O4Si. The van der Waals surface area contributed by atoms with Crippen LogP contribution >= 0.6 is 0 Å². The fourth-order valence-electron chi connectivity index (χ4n) is 6.07. The van der Waals surface area contributed by atoms with Crippen molar-refractivity contribution in [1.82, 2.24) is 0 Å². The number of hydrogen-bond donors (Lipinski definition) is 1. The first-order valence-electron chi connectivity index (χ1n) is 12.3. The van der Waals surface area contributed by atoms with Gasteiger partial charge in [-0.2, -0.15) is 0 Å². The van der Waals surface area contributed by atoms with Gasteiger partial charge in [0, 0.05) is 13.0 Å². The summed E-state index contributed by atoms with van der Waals surface area (Å²) >= 11 is 0. The Balaban J connectivity index is 1.36. The number of aliphatic hydroxyl groups is 1. The van der Waals surface area contributed by atoms with E-state index in [1.165, 1.54) is 10.4 Å². The molecule has 5 atom stereocenters. The van der Waals surface area contributed by atoms with Crippen LogP contribution in [-0.4, -0.2) is 50.0 Å². The third-order valence-electron chi connectivity index (χ3n) is 7.67. The minimum Gasteiger partial charge on any atom is -0.407 e. The van der Waals surface area contributed by atoms with Gasteiger partial charge in [0.05, 0.1) is 24.4 Å². The van der Waals surface area contributed by atoms with Crippen molar-refractivity contribution in [1.29, 1.82) is 0 Å². The van der Waals surface area contributed by atoms with Crippen molar-refractivity contribution in [3.63, 3.8) is 0 Å². The first-order valence-corrected chi connectivity index (χ1v) is 14.2. The standard InChI is InChI=1S/C28H36O4Si/c1-27(2,3)33(22-10-6-4-7-11-22,23-12-8-5-9-13-23)30-19-17-21-14-15-26-28(32-21)18-16-24(29)25(20-28)31-26/h4-13,16,18,21,24-26,29H,14-15,17,19-20H2,1-3H3/t21-,24-,25-,26+,28+/m1/s1. The fraction of sp³-hybridized carbons (Fsp3) is 0.500. The van der Waals surface area contributed by atoms with Gasteiger partial charge in [0.1, 0.15) is 5.60 Å². The molecule has 2 aliphatic heterocycles. The number of rotatable bonds is 6. The Morgan fingerprint density at radius 1 is 1.00 bits per heavy atom. The van der Waals surface area contributed by atoms with Crippen LogP contribution < -0.4 is 10.4 Å². The molecule has 3 aliphatic rings. The highest BCUT2D eigenvalue weighted by Gasteiger charge is 2.55. The van der Waals surface area contributed by atoms with Gasteiger partial charge in [0.2, 0.25) is 0 Å². The largest absolute Gasteiger partial charge is 0.407 e. The third kappa shape index (κ3) is 4.04. The maximum absolute atomic E-state index is 10.1. The molecule has 0 radical (unpaired) electrons. The van der Waals surface area contributed by atoms with Crippen LogP contribution in [0.1, 0.15) is 46.5 Å². The summed E-state index contributed by atoms with van der Waals surface area (Å²) < 4.78 is 19.8. The summed E-state index contributed by atoms with van der Waals surface area (Å²) in [7, 11) is -2.52. The van der Waals surface area contributed by atoms with Crippen molar-refractivity contribution in [2.75, 3.05) is 6.61 Å². The van der Waals surface area contributed by atoms with Crippen LogP contribution in [0.25, 0.3) is 0 Å². The summed E-state index contributed by atoms with van der Waals surface area (Å²) in [5.41, 5.74) is -0.371. The molecular weight excluding hydrogens is 428 g/mol. The average molecular weight is 465 g/mol. The summed E-state index contributed by atoms with van der Waals surface area (Å²) in [6, 6.07) is 21.6. The van der Waals surface area contributed by atoms with Gasteiger partial charge in [-0.05, 0) is 34.7 Å². The molecule has 1 spiro atoms. The molecule has 0 aromatic heterocycles. The van der Waals surface area contributed by atoms with Gasteiger partial charge in [0.25, 0.3) is 8.32 Å². The van der Waals surface area contributed by atoms with Crippen LogP contribution in [0.2, 0.25) is 5.04 Å². The first-order chi connectivity index (χ1) is 15.8. The van der Waals surface area contributed by atoms with Crippen LogP contribution in [0.4, 0.5) is 0 Å². The molecule has 5 rings (SSSR count). The quantitative estimate of drug-likeness (QED) is 0.519. The lowest BCUT2D eigenvalue weighted by Gasteiger charge is -2.44. The molecule has 2 bridgehead atoms. The zero-order valence-corrected chi connectivity index (χ0v) is 20.9. The van der Waals surface area contributed by atoms with E-state index in [0.717, 1.165) is 25.7 Å². The lowest BCUT2D eigenvalue weighted by atomic mass is 9.82. The molecule has 0 unspecified atom stereocenters. The number of hydrogen-bond acceptors (Lipinski definition) is 4. The highest BCUT2D eigenvalue weighted by Crippen LogP contribution is 2.46. The molecule has 5 heteroatoms. The molecule has 2 fully saturated rings. The summed E-state index contributed by atoms with van der Waals surface area (Å²) in [5.74, 6) is 0. The summed E-state index contributed by atoms with van der Waals surface area (Å²) in [4.78, 5) is 0. The molecule has 1 N–H and O–H groups in total. The predicted molar refractivity (Wildman–Crippen MR) is 133 cm³/mol. The Labute approximate surface area is 198 Å². The fourth-order valence-corrected chi connectivity index (χ4v) is 10.7. The third-order valence-corrected chi connectivity index (χ3v) is 12.7. The van der Waals surface area contributed by atoms with Crippen LogP contribution in [0.5, 0.6) is 0 Å². The minimum atomic E-state index is -2.52. The lowest BCUT2D eigenvalue weighted by Crippen LogP contribution is -2.66. The van der Waals surface area contributed by atoms with Gasteiger partial charge in [-0.15, -0.1) is 0 Å². The van der Waals surface area contributed by atoms with Gasteiger partial charge in [-0.3, -0.25) is 0 Å². The molecule has 2 heterocycles. The Morgan fingerprint density at radius 3 is 2.24 bits per heavy atom. The van der Waals surface area contributed by atoms with Crippen molar-refractivity contribution in [2.45, 2.75) is 81.5 Å². The Kier molecular flexibility index (Phi) is 6.12.